The van der Waals surface area contributed by atoms with Crippen molar-refractivity contribution in [2.75, 3.05) is 4.90 Å². The molecule has 2 aromatic heterocycles. The molecule has 14 rings (SSSR count). The number of anilines is 3. The monoisotopic (exact) mass is 883 g/mol. The summed E-state index contributed by atoms with van der Waals surface area (Å²) in [6.07, 6.45) is 0. The van der Waals surface area contributed by atoms with Gasteiger partial charge in [0.2, 0.25) is 0 Å². The van der Waals surface area contributed by atoms with Crippen molar-refractivity contribution in [3.8, 4) is 33.4 Å². The van der Waals surface area contributed by atoms with E-state index in [1.165, 1.54) is 70.1 Å². The molecule has 0 bridgehead atoms. The molecular weight excluding hydrogens is 843 g/mol. The summed E-state index contributed by atoms with van der Waals surface area (Å²) in [4.78, 5) is 2.43. The minimum Gasteiger partial charge on any atom is -0.455 e. The molecule has 0 atom stereocenters. The summed E-state index contributed by atoms with van der Waals surface area (Å²) in [6, 6.07) is 91.1. The molecular formula is C65H41NOS. The van der Waals surface area contributed by atoms with Crippen LogP contribution in [0, 0.1) is 0 Å². The van der Waals surface area contributed by atoms with E-state index in [-0.39, 0.29) is 0 Å². The second-order valence-corrected chi connectivity index (χ2v) is 18.9. The van der Waals surface area contributed by atoms with Crippen molar-refractivity contribution in [3.05, 3.63) is 271 Å². The maximum absolute atomic E-state index is 6.79. The van der Waals surface area contributed by atoms with Crippen LogP contribution in [0.1, 0.15) is 22.3 Å². The van der Waals surface area contributed by atoms with Crippen LogP contribution in [0.2, 0.25) is 0 Å². The summed E-state index contributed by atoms with van der Waals surface area (Å²) in [5.41, 5.74) is 17.0. The van der Waals surface area contributed by atoms with E-state index < -0.39 is 5.41 Å². The maximum atomic E-state index is 6.79. The predicted octanol–water partition coefficient (Wildman–Crippen LogP) is 18.3. The lowest BCUT2D eigenvalue weighted by molar-refractivity contribution is 0.674. The fourth-order valence-corrected chi connectivity index (χ4v) is 12.6. The lowest BCUT2D eigenvalue weighted by Crippen LogP contribution is -2.28. The van der Waals surface area contributed by atoms with Gasteiger partial charge in [-0.2, -0.15) is 0 Å². The molecule has 2 heterocycles. The molecule has 0 aliphatic heterocycles. The molecule has 13 aromatic rings. The average Bonchev–Trinajstić information content (AvgIpc) is 4.09. The van der Waals surface area contributed by atoms with E-state index in [2.05, 4.69) is 254 Å². The minimum atomic E-state index is -0.458. The molecule has 0 spiro atoms. The molecule has 318 valence electrons. The summed E-state index contributed by atoms with van der Waals surface area (Å²) in [5, 5.41) is 7.13. The van der Waals surface area contributed by atoms with Crippen molar-refractivity contribution in [3.63, 3.8) is 0 Å². The lowest BCUT2D eigenvalue weighted by atomic mass is 9.67. The van der Waals surface area contributed by atoms with E-state index in [1.807, 2.05) is 11.3 Å². The Morgan fingerprint density at radius 3 is 1.66 bits per heavy atom. The highest BCUT2D eigenvalue weighted by Gasteiger charge is 2.46. The van der Waals surface area contributed by atoms with Crippen molar-refractivity contribution >= 4 is 81.3 Å². The first-order valence-electron chi connectivity index (χ1n) is 23.3. The van der Waals surface area contributed by atoms with E-state index in [1.54, 1.807) is 0 Å². The van der Waals surface area contributed by atoms with Crippen LogP contribution >= 0.6 is 11.3 Å². The fraction of sp³-hybridized carbons (Fsp3) is 0.0154. The van der Waals surface area contributed by atoms with E-state index in [4.69, 9.17) is 4.42 Å². The first-order chi connectivity index (χ1) is 33.7. The number of fused-ring (bicyclic) bond motifs is 11. The van der Waals surface area contributed by atoms with Gasteiger partial charge in [-0.25, -0.2) is 0 Å². The largest absolute Gasteiger partial charge is 0.455 e. The van der Waals surface area contributed by atoms with Gasteiger partial charge in [0.1, 0.15) is 11.2 Å². The predicted molar refractivity (Wildman–Crippen MR) is 287 cm³/mol. The van der Waals surface area contributed by atoms with Crippen LogP contribution in [-0.2, 0) is 5.41 Å². The van der Waals surface area contributed by atoms with Gasteiger partial charge in [0, 0.05) is 48.6 Å². The number of hydrogen-bond donors (Lipinski definition) is 0. The van der Waals surface area contributed by atoms with Gasteiger partial charge in [-0.15, -0.1) is 11.3 Å². The van der Waals surface area contributed by atoms with Crippen molar-refractivity contribution in [1.82, 2.24) is 0 Å². The molecule has 0 radical (unpaired) electrons. The van der Waals surface area contributed by atoms with Crippen molar-refractivity contribution in [1.29, 1.82) is 0 Å². The third-order valence-corrected chi connectivity index (χ3v) is 15.6. The van der Waals surface area contributed by atoms with Gasteiger partial charge in [0.05, 0.1) is 15.8 Å². The molecule has 1 aliphatic rings. The highest BCUT2D eigenvalue weighted by atomic mass is 32.1. The van der Waals surface area contributed by atoms with Gasteiger partial charge in [0.25, 0.3) is 0 Å². The Morgan fingerprint density at radius 1 is 0.353 bits per heavy atom. The standard InChI is InChI=1S/C65H41NOS/c1-3-17-45(18-4-1)65(46-19-5-2-6-20-46)57-28-11-9-23-56(57)61-49(24-14-29-58(61)65)43-32-37-47(38-33-43)66(59-30-15-27-55-52-22-10-12-31-60(52)68-64(55)59)48-39-34-44(35-40-48)51-25-13-26-53-54-41-36-42-16-7-8-21-50(42)63(54)67-62(51)53/h1-41H. The third kappa shape index (κ3) is 5.70. The zero-order valence-corrected chi connectivity index (χ0v) is 37.8. The fourth-order valence-electron chi connectivity index (χ4n) is 11.4. The molecule has 0 fully saturated rings. The highest BCUT2D eigenvalue weighted by molar-refractivity contribution is 7.26. The summed E-state index contributed by atoms with van der Waals surface area (Å²) < 4.78 is 9.33. The number of nitrogens with zero attached hydrogens (tertiary/aromatic N) is 1. The summed E-state index contributed by atoms with van der Waals surface area (Å²) >= 11 is 1.86. The molecule has 0 saturated heterocycles. The Kier molecular flexibility index (Phi) is 8.71. The van der Waals surface area contributed by atoms with Crippen LogP contribution in [0.5, 0.6) is 0 Å². The smallest absolute Gasteiger partial charge is 0.143 e. The van der Waals surface area contributed by atoms with Gasteiger partial charge in [0.15, 0.2) is 0 Å². The van der Waals surface area contributed by atoms with E-state index in [0.29, 0.717) is 0 Å². The molecule has 0 amide bonds. The Bertz CT molecular complexity index is 4030. The van der Waals surface area contributed by atoms with Crippen molar-refractivity contribution < 1.29 is 4.42 Å². The van der Waals surface area contributed by atoms with Crippen LogP contribution in [0.3, 0.4) is 0 Å². The second-order valence-electron chi connectivity index (χ2n) is 17.9. The molecule has 1 aliphatic carbocycles. The Morgan fingerprint density at radius 2 is 0.897 bits per heavy atom. The molecule has 0 saturated carbocycles. The third-order valence-electron chi connectivity index (χ3n) is 14.4. The first-order valence-corrected chi connectivity index (χ1v) is 24.1. The molecule has 68 heavy (non-hydrogen) atoms. The number of hydrogen-bond acceptors (Lipinski definition) is 3. The molecule has 0 N–H and O–H groups in total. The zero-order valence-electron chi connectivity index (χ0n) is 36.9. The lowest BCUT2D eigenvalue weighted by Gasteiger charge is -2.34. The van der Waals surface area contributed by atoms with Crippen LogP contribution in [0.25, 0.3) is 86.3 Å². The average molecular weight is 884 g/mol. The number of rotatable bonds is 7. The Labute approximate surface area is 398 Å². The first kappa shape index (κ1) is 38.7. The SMILES string of the molecule is c1ccc(C2(c3ccccc3)c3ccccc3-c3c(-c4ccc(N(c5ccc(-c6cccc7c6oc6c8ccccc8ccc76)cc5)c5cccc6c5sc5ccccc56)cc4)cccc32)cc1. The van der Waals surface area contributed by atoms with E-state index >= 15 is 0 Å². The van der Waals surface area contributed by atoms with Gasteiger partial charge in [-0.05, 0) is 97.9 Å². The number of furan rings is 1. The number of thiophene rings is 1. The normalized spacial score (nSPS) is 12.8. The summed E-state index contributed by atoms with van der Waals surface area (Å²) in [5.74, 6) is 0. The van der Waals surface area contributed by atoms with E-state index in [9.17, 15) is 0 Å². The topological polar surface area (TPSA) is 16.4 Å². The number of para-hydroxylation sites is 1. The maximum Gasteiger partial charge on any atom is 0.143 e. The second kappa shape index (κ2) is 15.3. The Hall–Kier alpha value is -8.50. The van der Waals surface area contributed by atoms with Crippen LogP contribution in [0.15, 0.2) is 253 Å². The Balaban J connectivity index is 0.917. The van der Waals surface area contributed by atoms with Crippen LogP contribution < -0.4 is 4.90 Å². The van der Waals surface area contributed by atoms with Gasteiger partial charge < -0.3 is 9.32 Å². The van der Waals surface area contributed by atoms with Crippen LogP contribution in [-0.4, -0.2) is 0 Å². The highest BCUT2D eigenvalue weighted by Crippen LogP contribution is 2.58. The summed E-state index contributed by atoms with van der Waals surface area (Å²) in [7, 11) is 0. The molecule has 11 aromatic carbocycles. The van der Waals surface area contributed by atoms with Crippen LogP contribution in [0.4, 0.5) is 17.1 Å². The van der Waals surface area contributed by atoms with Crippen molar-refractivity contribution in [2.45, 2.75) is 5.41 Å². The van der Waals surface area contributed by atoms with Gasteiger partial charge in [-0.3, -0.25) is 0 Å². The molecule has 3 heteroatoms. The van der Waals surface area contributed by atoms with Gasteiger partial charge in [-0.1, -0.05) is 206 Å². The summed E-state index contributed by atoms with van der Waals surface area (Å²) in [6.45, 7) is 0. The number of benzene rings is 11. The van der Waals surface area contributed by atoms with E-state index in [0.717, 1.165) is 55.5 Å². The quantitative estimate of drug-likeness (QED) is 0.159. The zero-order chi connectivity index (χ0) is 44.8. The van der Waals surface area contributed by atoms with Crippen molar-refractivity contribution in [2.24, 2.45) is 0 Å². The molecule has 0 unspecified atom stereocenters. The molecule has 2 nitrogen and oxygen atoms in total. The minimum absolute atomic E-state index is 0.458. The van der Waals surface area contributed by atoms with Gasteiger partial charge >= 0.3 is 0 Å².